The number of hydrogen-bond acceptors (Lipinski definition) is 0. The van der Waals surface area contributed by atoms with Crippen LogP contribution < -0.4 is 0 Å². The molecule has 0 N–H and O–H groups in total. The van der Waals surface area contributed by atoms with Crippen LogP contribution in [0.3, 0.4) is 0 Å². The number of benzene rings is 2. The quantitative estimate of drug-likeness (QED) is 0.201. The van der Waals surface area contributed by atoms with E-state index in [1.807, 2.05) is 0 Å². The van der Waals surface area contributed by atoms with E-state index in [0.29, 0.717) is 0 Å². The Hall–Kier alpha value is -1.56. The highest BCUT2D eigenvalue weighted by molar-refractivity contribution is 5.85. The molecule has 0 saturated heterocycles. The van der Waals surface area contributed by atoms with Crippen molar-refractivity contribution in [3.63, 3.8) is 0 Å². The molecule has 0 radical (unpaired) electrons. The van der Waals surface area contributed by atoms with E-state index in [1.165, 1.54) is 113 Å². The summed E-state index contributed by atoms with van der Waals surface area (Å²) >= 11 is 0. The Kier molecular flexibility index (Phi) is 12.5. The Bertz CT molecular complexity index is 647. The van der Waals surface area contributed by atoms with Crippen molar-refractivity contribution < 1.29 is 0 Å². The molecule has 0 heteroatoms. The van der Waals surface area contributed by atoms with Gasteiger partial charge in [-0.2, -0.15) is 0 Å². The van der Waals surface area contributed by atoms with E-state index in [-0.39, 0.29) is 0 Å². The van der Waals surface area contributed by atoms with Crippen molar-refractivity contribution in [1.82, 2.24) is 0 Å². The first kappa shape index (κ1) is 22.7. The van der Waals surface area contributed by atoms with E-state index in [1.54, 1.807) is 0 Å². The van der Waals surface area contributed by atoms with Crippen molar-refractivity contribution >= 4 is 10.8 Å². The average Bonchev–Trinajstić information content (AvgIpc) is 2.73. The molecule has 0 saturated carbocycles. The third-order valence-electron chi connectivity index (χ3n) is 5.84. The number of aryl methyl sites for hydroxylation is 1. The SMILES string of the molecule is CCCCCCCC/C=C\CCCCCCCCc1cccc2ccccc12. The molecule has 0 aliphatic heterocycles. The average molecular weight is 379 g/mol. The van der Waals surface area contributed by atoms with Crippen molar-refractivity contribution in [3.8, 4) is 0 Å². The van der Waals surface area contributed by atoms with Gasteiger partial charge in [0.25, 0.3) is 0 Å². The van der Waals surface area contributed by atoms with Crippen molar-refractivity contribution in [2.24, 2.45) is 0 Å². The Morgan fingerprint density at radius 2 is 1.14 bits per heavy atom. The summed E-state index contributed by atoms with van der Waals surface area (Å²) < 4.78 is 0. The fourth-order valence-corrected chi connectivity index (χ4v) is 4.07. The highest BCUT2D eigenvalue weighted by atomic mass is 14.0. The number of fused-ring (bicyclic) bond motifs is 1. The van der Waals surface area contributed by atoms with Crippen LogP contribution in [0.4, 0.5) is 0 Å². The first-order valence-corrected chi connectivity index (χ1v) is 12.0. The van der Waals surface area contributed by atoms with E-state index in [4.69, 9.17) is 0 Å². The number of rotatable bonds is 16. The molecule has 2 aromatic rings. The number of hydrogen-bond donors (Lipinski definition) is 0. The maximum absolute atomic E-state index is 2.42. The molecule has 2 aromatic carbocycles. The van der Waals surface area contributed by atoms with Crippen LogP contribution in [0.1, 0.15) is 102 Å². The standard InChI is InChI=1S/C28H42/c1-2-3-4-5-6-7-8-9-10-11-12-13-14-15-16-17-21-26-23-20-24-27-22-18-19-25-28(26)27/h9-10,18-20,22-25H,2-8,11-17,21H2,1H3/b10-9-. The summed E-state index contributed by atoms with van der Waals surface area (Å²) in [6, 6.07) is 15.5. The first-order chi connectivity index (χ1) is 13.9. The van der Waals surface area contributed by atoms with Crippen LogP contribution >= 0.6 is 0 Å². The van der Waals surface area contributed by atoms with Crippen LogP contribution in [-0.2, 0) is 6.42 Å². The van der Waals surface area contributed by atoms with Gasteiger partial charge in [-0.1, -0.05) is 119 Å². The van der Waals surface area contributed by atoms with Crippen molar-refractivity contribution in [1.29, 1.82) is 0 Å². The predicted octanol–water partition coefficient (Wildman–Crippen LogP) is 9.42. The van der Waals surface area contributed by atoms with Gasteiger partial charge in [0.15, 0.2) is 0 Å². The Morgan fingerprint density at radius 3 is 1.86 bits per heavy atom. The molecule has 0 aliphatic rings. The number of allylic oxidation sites excluding steroid dienone is 2. The topological polar surface area (TPSA) is 0 Å². The van der Waals surface area contributed by atoms with Gasteiger partial charge in [0.1, 0.15) is 0 Å². The Balaban J connectivity index is 1.41. The van der Waals surface area contributed by atoms with Gasteiger partial charge in [0, 0.05) is 0 Å². The first-order valence-electron chi connectivity index (χ1n) is 12.0. The second-order valence-electron chi connectivity index (χ2n) is 8.33. The van der Waals surface area contributed by atoms with Gasteiger partial charge in [-0.3, -0.25) is 0 Å². The molecule has 0 heterocycles. The molecule has 154 valence electrons. The molecule has 0 unspecified atom stereocenters. The summed E-state index contributed by atoms with van der Waals surface area (Å²) in [4.78, 5) is 0. The molecular formula is C28H42. The Morgan fingerprint density at radius 1 is 0.571 bits per heavy atom. The highest BCUT2D eigenvalue weighted by Gasteiger charge is 2.00. The fourth-order valence-electron chi connectivity index (χ4n) is 4.07. The van der Waals surface area contributed by atoms with E-state index >= 15 is 0 Å². The zero-order chi connectivity index (χ0) is 19.7. The van der Waals surface area contributed by atoms with Crippen LogP contribution in [0.2, 0.25) is 0 Å². The minimum Gasteiger partial charge on any atom is -0.0885 e. The third-order valence-corrected chi connectivity index (χ3v) is 5.84. The van der Waals surface area contributed by atoms with Gasteiger partial charge in [0.2, 0.25) is 0 Å². The molecule has 0 fully saturated rings. The molecule has 0 atom stereocenters. The zero-order valence-corrected chi connectivity index (χ0v) is 18.3. The van der Waals surface area contributed by atoms with E-state index in [0.717, 1.165) is 0 Å². The third kappa shape index (κ3) is 9.58. The second-order valence-corrected chi connectivity index (χ2v) is 8.33. The molecule has 0 aromatic heterocycles. The van der Waals surface area contributed by atoms with E-state index < -0.39 is 0 Å². The van der Waals surface area contributed by atoms with Gasteiger partial charge in [-0.25, -0.2) is 0 Å². The summed E-state index contributed by atoms with van der Waals surface area (Å²) in [6.07, 6.45) is 25.3. The van der Waals surface area contributed by atoms with Gasteiger partial charge in [-0.05, 0) is 54.9 Å². The second kappa shape index (κ2) is 15.4. The lowest BCUT2D eigenvalue weighted by molar-refractivity contribution is 0.596. The largest absolute Gasteiger partial charge is 0.0885 e. The van der Waals surface area contributed by atoms with Gasteiger partial charge in [0.05, 0.1) is 0 Å². The molecule has 0 bridgehead atoms. The maximum Gasteiger partial charge on any atom is -0.0152 e. The van der Waals surface area contributed by atoms with E-state index in [2.05, 4.69) is 61.5 Å². The smallest absolute Gasteiger partial charge is 0.0152 e. The van der Waals surface area contributed by atoms with Gasteiger partial charge < -0.3 is 0 Å². The molecule has 28 heavy (non-hydrogen) atoms. The minimum absolute atomic E-state index is 1.22. The summed E-state index contributed by atoms with van der Waals surface area (Å²) in [5.74, 6) is 0. The fraction of sp³-hybridized carbons (Fsp3) is 0.571. The van der Waals surface area contributed by atoms with Crippen molar-refractivity contribution in [3.05, 3.63) is 60.2 Å². The zero-order valence-electron chi connectivity index (χ0n) is 18.3. The lowest BCUT2D eigenvalue weighted by Crippen LogP contribution is -1.88. The summed E-state index contributed by atoms with van der Waals surface area (Å²) in [5, 5.41) is 2.82. The predicted molar refractivity (Wildman–Crippen MR) is 127 cm³/mol. The minimum atomic E-state index is 1.22. The summed E-state index contributed by atoms with van der Waals surface area (Å²) in [6.45, 7) is 2.29. The lowest BCUT2D eigenvalue weighted by Gasteiger charge is -2.06. The number of unbranched alkanes of at least 4 members (excludes halogenated alkanes) is 12. The Labute approximate surface area is 174 Å². The summed E-state index contributed by atoms with van der Waals surface area (Å²) in [5.41, 5.74) is 1.52. The highest BCUT2D eigenvalue weighted by Crippen LogP contribution is 2.20. The lowest BCUT2D eigenvalue weighted by atomic mass is 9.99. The van der Waals surface area contributed by atoms with E-state index in [9.17, 15) is 0 Å². The molecule has 0 amide bonds. The van der Waals surface area contributed by atoms with Crippen LogP contribution in [0.15, 0.2) is 54.6 Å². The molecular weight excluding hydrogens is 336 g/mol. The molecule has 0 aliphatic carbocycles. The van der Waals surface area contributed by atoms with Crippen molar-refractivity contribution in [2.45, 2.75) is 103 Å². The van der Waals surface area contributed by atoms with Crippen LogP contribution in [0, 0.1) is 0 Å². The van der Waals surface area contributed by atoms with Crippen LogP contribution in [-0.4, -0.2) is 0 Å². The molecule has 2 rings (SSSR count). The maximum atomic E-state index is 2.42. The van der Waals surface area contributed by atoms with Gasteiger partial charge >= 0.3 is 0 Å². The monoisotopic (exact) mass is 378 g/mol. The van der Waals surface area contributed by atoms with Crippen molar-refractivity contribution in [2.75, 3.05) is 0 Å². The van der Waals surface area contributed by atoms with Gasteiger partial charge in [-0.15, -0.1) is 0 Å². The van der Waals surface area contributed by atoms with Crippen LogP contribution in [0.25, 0.3) is 10.8 Å². The molecule has 0 spiro atoms. The molecule has 0 nitrogen and oxygen atoms in total. The normalized spacial score (nSPS) is 11.6. The summed E-state index contributed by atoms with van der Waals surface area (Å²) in [7, 11) is 0. The van der Waals surface area contributed by atoms with Crippen LogP contribution in [0.5, 0.6) is 0 Å².